The molecule has 3 aromatic heterocycles. The van der Waals surface area contributed by atoms with Crippen molar-refractivity contribution in [1.82, 2.24) is 40.0 Å². The number of rotatable bonds is 8. The highest BCUT2D eigenvalue weighted by atomic mass is 16.5. The predicted molar refractivity (Wildman–Crippen MR) is 148 cm³/mol. The maximum atomic E-state index is 5.77. The molecule has 6 rings (SSSR count). The molecule has 2 aliphatic heterocycles. The molecule has 4 aromatic rings. The molecule has 2 aliphatic rings. The molecule has 2 atom stereocenters. The molecule has 2 fully saturated rings. The molecule has 0 spiro atoms. The second kappa shape index (κ2) is 11.7. The normalized spacial score (nSPS) is 18.6. The van der Waals surface area contributed by atoms with Crippen LogP contribution in [-0.4, -0.2) is 86.7 Å². The van der Waals surface area contributed by atoms with Gasteiger partial charge < -0.3 is 25.2 Å². The monoisotopic (exact) mass is 527 g/mol. The summed E-state index contributed by atoms with van der Waals surface area (Å²) in [7, 11) is 0. The number of ether oxygens (including phenoxy) is 1. The van der Waals surface area contributed by atoms with Gasteiger partial charge >= 0.3 is 0 Å². The van der Waals surface area contributed by atoms with E-state index in [0.717, 1.165) is 63.1 Å². The number of nitrogens with one attached hydrogen (secondary N) is 2. The fourth-order valence-corrected chi connectivity index (χ4v) is 4.86. The minimum absolute atomic E-state index is 0.120. The number of benzene rings is 1. The molecular weight excluding hydrogens is 494 g/mol. The van der Waals surface area contributed by atoms with Gasteiger partial charge in [-0.05, 0) is 11.1 Å². The third-order valence-corrected chi connectivity index (χ3v) is 7.15. The van der Waals surface area contributed by atoms with Gasteiger partial charge in [0.25, 0.3) is 0 Å². The van der Waals surface area contributed by atoms with Crippen LogP contribution in [0.4, 0.5) is 23.5 Å². The summed E-state index contributed by atoms with van der Waals surface area (Å²) >= 11 is 0. The molecule has 2 saturated heterocycles. The highest BCUT2D eigenvalue weighted by molar-refractivity contribution is 5.51. The molecule has 0 amide bonds. The molecule has 0 saturated carbocycles. The summed E-state index contributed by atoms with van der Waals surface area (Å²) in [6, 6.07) is 10.4. The van der Waals surface area contributed by atoms with Crippen LogP contribution < -0.4 is 20.4 Å². The average molecular weight is 528 g/mol. The zero-order valence-corrected chi connectivity index (χ0v) is 22.0. The van der Waals surface area contributed by atoms with Gasteiger partial charge in [0, 0.05) is 63.8 Å². The second-order valence-electron chi connectivity index (χ2n) is 9.80. The van der Waals surface area contributed by atoms with Crippen molar-refractivity contribution in [2.75, 3.05) is 61.0 Å². The topological polar surface area (TPSA) is 122 Å². The van der Waals surface area contributed by atoms with Gasteiger partial charge in [0.1, 0.15) is 6.33 Å². The average Bonchev–Trinajstić information content (AvgIpc) is 3.44. The van der Waals surface area contributed by atoms with Crippen LogP contribution >= 0.6 is 0 Å². The van der Waals surface area contributed by atoms with E-state index in [1.807, 2.05) is 29.3 Å². The van der Waals surface area contributed by atoms with Gasteiger partial charge in [0.15, 0.2) is 0 Å². The Labute approximate surface area is 227 Å². The first kappa shape index (κ1) is 25.1. The van der Waals surface area contributed by atoms with Gasteiger partial charge in [0.05, 0.1) is 31.1 Å². The van der Waals surface area contributed by atoms with E-state index in [1.165, 1.54) is 5.56 Å². The number of hydrogen-bond acceptors (Lipinski definition) is 11. The summed E-state index contributed by atoms with van der Waals surface area (Å²) in [6.07, 6.45) is 9.25. The quantitative estimate of drug-likeness (QED) is 0.350. The third kappa shape index (κ3) is 6.13. The number of hydrogen-bond donors (Lipinski definition) is 2. The van der Waals surface area contributed by atoms with E-state index in [2.05, 4.69) is 81.6 Å². The van der Waals surface area contributed by atoms with E-state index < -0.39 is 0 Å². The Morgan fingerprint density at radius 2 is 1.72 bits per heavy atom. The molecule has 2 N–H and O–H groups in total. The van der Waals surface area contributed by atoms with Crippen molar-refractivity contribution in [2.45, 2.75) is 25.5 Å². The number of morpholine rings is 1. The van der Waals surface area contributed by atoms with E-state index in [9.17, 15) is 0 Å². The Hall–Kier alpha value is -4.16. The van der Waals surface area contributed by atoms with Crippen molar-refractivity contribution in [3.63, 3.8) is 0 Å². The molecule has 202 valence electrons. The van der Waals surface area contributed by atoms with E-state index in [-0.39, 0.29) is 12.0 Å². The maximum absolute atomic E-state index is 5.77. The van der Waals surface area contributed by atoms with Gasteiger partial charge in [0.2, 0.25) is 17.8 Å². The smallest absolute Gasteiger partial charge is 0.232 e. The Morgan fingerprint density at radius 1 is 0.949 bits per heavy atom. The van der Waals surface area contributed by atoms with Crippen molar-refractivity contribution in [3.8, 4) is 0 Å². The van der Waals surface area contributed by atoms with Crippen LogP contribution in [0.3, 0.4) is 0 Å². The SMILES string of the molecule is CC(c1ccccc1)c1cnc(N2CCN(c3ncnc(Nc4cnn(C[C@@H]5CNCCO5)c4)n3)CC2)nc1. The van der Waals surface area contributed by atoms with Crippen LogP contribution in [0, 0.1) is 0 Å². The van der Waals surface area contributed by atoms with Crippen LogP contribution in [0.2, 0.25) is 0 Å². The highest BCUT2D eigenvalue weighted by Crippen LogP contribution is 2.24. The molecule has 39 heavy (non-hydrogen) atoms. The van der Waals surface area contributed by atoms with Crippen LogP contribution in [0.1, 0.15) is 24.0 Å². The van der Waals surface area contributed by atoms with E-state index in [4.69, 9.17) is 4.74 Å². The Balaban J connectivity index is 1.03. The number of nitrogens with zero attached hydrogens (tertiary/aromatic N) is 9. The Morgan fingerprint density at radius 3 is 2.46 bits per heavy atom. The zero-order valence-electron chi connectivity index (χ0n) is 22.0. The van der Waals surface area contributed by atoms with Gasteiger partial charge in [-0.25, -0.2) is 19.9 Å². The second-order valence-corrected chi connectivity index (χ2v) is 9.80. The number of piperazine rings is 1. The molecule has 0 radical (unpaired) electrons. The fourth-order valence-electron chi connectivity index (χ4n) is 4.86. The first-order valence-corrected chi connectivity index (χ1v) is 13.4. The summed E-state index contributed by atoms with van der Waals surface area (Å²) in [5, 5.41) is 11.0. The van der Waals surface area contributed by atoms with Crippen molar-refractivity contribution in [1.29, 1.82) is 0 Å². The van der Waals surface area contributed by atoms with E-state index in [1.54, 1.807) is 12.5 Å². The minimum Gasteiger partial charge on any atom is -0.374 e. The van der Waals surface area contributed by atoms with Crippen LogP contribution in [0.25, 0.3) is 0 Å². The first-order chi connectivity index (χ1) is 19.2. The van der Waals surface area contributed by atoms with E-state index >= 15 is 0 Å². The van der Waals surface area contributed by atoms with Gasteiger partial charge in [-0.1, -0.05) is 37.3 Å². The largest absolute Gasteiger partial charge is 0.374 e. The summed E-state index contributed by atoms with van der Waals surface area (Å²) in [5.74, 6) is 2.14. The Kier molecular flexibility index (Phi) is 7.54. The van der Waals surface area contributed by atoms with Crippen molar-refractivity contribution >= 4 is 23.5 Å². The summed E-state index contributed by atoms with van der Waals surface area (Å²) < 4.78 is 7.64. The molecule has 12 nitrogen and oxygen atoms in total. The molecule has 0 aliphatic carbocycles. The lowest BCUT2D eigenvalue weighted by Gasteiger charge is -2.34. The Bertz CT molecular complexity index is 1330. The molecule has 12 heteroatoms. The highest BCUT2D eigenvalue weighted by Gasteiger charge is 2.22. The van der Waals surface area contributed by atoms with Crippen LogP contribution in [0.5, 0.6) is 0 Å². The van der Waals surface area contributed by atoms with Gasteiger partial charge in [-0.2, -0.15) is 10.1 Å². The molecule has 1 unspecified atom stereocenters. The van der Waals surface area contributed by atoms with Gasteiger partial charge in [-0.3, -0.25) is 4.68 Å². The lowest BCUT2D eigenvalue weighted by molar-refractivity contribution is 0.0161. The lowest BCUT2D eigenvalue weighted by Crippen LogP contribution is -2.47. The summed E-state index contributed by atoms with van der Waals surface area (Å²) in [6.45, 7) is 8.43. The lowest BCUT2D eigenvalue weighted by atomic mass is 9.96. The number of aromatic nitrogens is 7. The number of anilines is 4. The molecule has 1 aromatic carbocycles. The molecule has 0 bridgehead atoms. The fraction of sp³-hybridized carbons (Fsp3) is 0.407. The summed E-state index contributed by atoms with van der Waals surface area (Å²) in [4.78, 5) is 27.1. The zero-order chi connectivity index (χ0) is 26.4. The van der Waals surface area contributed by atoms with Crippen LogP contribution in [-0.2, 0) is 11.3 Å². The standard InChI is InChI=1S/C27H33N11O/c1-20(21-5-3-2-4-6-21)22-13-29-26(30-14-22)36-8-10-37(11-9-36)27-32-19-31-25(35-27)34-23-15-33-38(17-23)18-24-16-28-7-12-39-24/h2-6,13-15,17,19-20,24,28H,7-12,16,18H2,1H3,(H,31,32,34,35)/t20?,24-/m0/s1. The van der Waals surface area contributed by atoms with Crippen molar-refractivity contribution in [2.24, 2.45) is 0 Å². The van der Waals surface area contributed by atoms with Crippen molar-refractivity contribution < 1.29 is 4.74 Å². The van der Waals surface area contributed by atoms with Crippen LogP contribution in [0.15, 0.2) is 61.4 Å². The first-order valence-electron chi connectivity index (χ1n) is 13.4. The maximum Gasteiger partial charge on any atom is 0.232 e. The van der Waals surface area contributed by atoms with Gasteiger partial charge in [-0.15, -0.1) is 0 Å². The molecular formula is C27H33N11O. The predicted octanol–water partition coefficient (Wildman–Crippen LogP) is 2.07. The van der Waals surface area contributed by atoms with Crippen molar-refractivity contribution in [3.05, 3.63) is 72.6 Å². The third-order valence-electron chi connectivity index (χ3n) is 7.15. The molecule has 5 heterocycles. The minimum atomic E-state index is 0.120. The van der Waals surface area contributed by atoms with E-state index in [0.29, 0.717) is 18.4 Å². The summed E-state index contributed by atoms with van der Waals surface area (Å²) in [5.41, 5.74) is 3.19.